The molecule has 1 saturated carbocycles. The molecular weight excluding hydrogens is 180 g/mol. The Morgan fingerprint density at radius 2 is 1.58 bits per heavy atom. The third kappa shape index (κ3) is 0.760. The van der Waals surface area contributed by atoms with Crippen LogP contribution in [0.2, 0.25) is 0 Å². The molecule has 4 atom stereocenters. The summed E-state index contributed by atoms with van der Waals surface area (Å²) in [4.78, 5) is 0. The highest BCUT2D eigenvalue weighted by molar-refractivity contribution is 7.82. The molecule has 0 N–H and O–H groups in total. The highest BCUT2D eigenvalue weighted by atomic mass is 32.3. The van der Waals surface area contributed by atoms with Gasteiger partial charge in [-0.15, -0.1) is 0 Å². The molecule has 0 radical (unpaired) electrons. The Morgan fingerprint density at radius 3 is 2.08 bits per heavy atom. The predicted molar refractivity (Wildman–Crippen MR) is 39.4 cm³/mol. The molecule has 0 aromatic carbocycles. The van der Waals surface area contributed by atoms with Crippen molar-refractivity contribution in [2.45, 2.75) is 18.6 Å². The quantitative estimate of drug-likeness (QED) is 0.510. The summed E-state index contributed by atoms with van der Waals surface area (Å²) in [5.41, 5.74) is 0. The van der Waals surface area contributed by atoms with E-state index in [-0.39, 0.29) is 24.0 Å². The van der Waals surface area contributed by atoms with E-state index < -0.39 is 10.4 Å². The Hall–Kier alpha value is -0.390. The lowest BCUT2D eigenvalue weighted by molar-refractivity contribution is 0.145. The molecule has 0 amide bonds. The third-order valence-corrected chi connectivity index (χ3v) is 3.69. The zero-order chi connectivity index (χ0) is 8.34. The second kappa shape index (κ2) is 1.92. The second-order valence-electron chi connectivity index (χ2n) is 3.48. The van der Waals surface area contributed by atoms with Crippen LogP contribution in [0.15, 0.2) is 12.2 Å². The zero-order valence-electron chi connectivity index (χ0n) is 6.21. The molecule has 1 saturated heterocycles. The summed E-state index contributed by atoms with van der Waals surface area (Å²) in [6, 6.07) is 0. The van der Waals surface area contributed by atoms with Crippen molar-refractivity contribution >= 4 is 10.4 Å². The van der Waals surface area contributed by atoms with Gasteiger partial charge in [0.05, 0.1) is 0 Å². The van der Waals surface area contributed by atoms with E-state index >= 15 is 0 Å². The number of hydrogen-bond donors (Lipinski definition) is 0. The van der Waals surface area contributed by atoms with Crippen molar-refractivity contribution in [3.05, 3.63) is 12.2 Å². The van der Waals surface area contributed by atoms with Gasteiger partial charge in [0.25, 0.3) is 0 Å². The van der Waals surface area contributed by atoms with Gasteiger partial charge in [-0.05, 0) is 6.42 Å². The fourth-order valence-electron chi connectivity index (χ4n) is 2.28. The van der Waals surface area contributed by atoms with Crippen molar-refractivity contribution in [2.24, 2.45) is 11.8 Å². The van der Waals surface area contributed by atoms with E-state index in [2.05, 4.69) is 0 Å². The smallest absolute Gasteiger partial charge is 0.241 e. The van der Waals surface area contributed by atoms with Crippen LogP contribution in [0.5, 0.6) is 0 Å². The highest BCUT2D eigenvalue weighted by Gasteiger charge is 2.54. The molecule has 3 aliphatic rings. The normalized spacial score (nSPS) is 53.0. The molecule has 4 unspecified atom stereocenters. The van der Waals surface area contributed by atoms with Gasteiger partial charge in [0.1, 0.15) is 12.2 Å². The van der Waals surface area contributed by atoms with Gasteiger partial charge < -0.3 is 0 Å². The molecule has 12 heavy (non-hydrogen) atoms. The number of rotatable bonds is 0. The Morgan fingerprint density at radius 1 is 1.08 bits per heavy atom. The minimum Gasteiger partial charge on any atom is -0.241 e. The topological polar surface area (TPSA) is 52.6 Å². The van der Waals surface area contributed by atoms with Crippen LogP contribution in [0.1, 0.15) is 6.42 Å². The summed E-state index contributed by atoms with van der Waals surface area (Å²) < 4.78 is 31.4. The molecule has 4 nitrogen and oxygen atoms in total. The number of hydrogen-bond acceptors (Lipinski definition) is 4. The molecule has 0 spiro atoms. The lowest BCUT2D eigenvalue weighted by Crippen LogP contribution is -2.26. The summed E-state index contributed by atoms with van der Waals surface area (Å²) in [6.45, 7) is 0. The monoisotopic (exact) mass is 188 g/mol. The molecule has 0 aromatic rings. The third-order valence-electron chi connectivity index (χ3n) is 2.78. The van der Waals surface area contributed by atoms with E-state index in [0.29, 0.717) is 0 Å². The first-order valence-corrected chi connectivity index (χ1v) is 5.29. The largest absolute Gasteiger partial charge is 0.400 e. The molecule has 2 fully saturated rings. The van der Waals surface area contributed by atoms with Crippen molar-refractivity contribution in [1.82, 2.24) is 0 Å². The maximum atomic E-state index is 10.9. The van der Waals surface area contributed by atoms with Gasteiger partial charge in [0.2, 0.25) is 0 Å². The summed E-state index contributed by atoms with van der Waals surface area (Å²) in [5.74, 6) is 0.495. The van der Waals surface area contributed by atoms with Gasteiger partial charge in [-0.2, -0.15) is 8.42 Å². The predicted octanol–water partition coefficient (Wildman–Crippen LogP) is 0.221. The lowest BCUT2D eigenvalue weighted by Gasteiger charge is -2.13. The van der Waals surface area contributed by atoms with Crippen molar-refractivity contribution < 1.29 is 16.8 Å². The van der Waals surface area contributed by atoms with Crippen molar-refractivity contribution in [3.63, 3.8) is 0 Å². The van der Waals surface area contributed by atoms with E-state index in [0.717, 1.165) is 6.42 Å². The molecule has 0 aromatic heterocycles. The fraction of sp³-hybridized carbons (Fsp3) is 0.714. The van der Waals surface area contributed by atoms with Crippen LogP contribution in [0.4, 0.5) is 0 Å². The van der Waals surface area contributed by atoms with Crippen LogP contribution < -0.4 is 0 Å². The van der Waals surface area contributed by atoms with E-state index in [9.17, 15) is 8.42 Å². The molecule has 66 valence electrons. The Bertz CT molecular complexity index is 318. The van der Waals surface area contributed by atoms with E-state index in [1.807, 2.05) is 12.2 Å². The first-order chi connectivity index (χ1) is 5.66. The van der Waals surface area contributed by atoms with E-state index in [1.165, 1.54) is 0 Å². The SMILES string of the molecule is O=S1(=O)OC2C3C=CC(C3)C2O1. The molecule has 3 rings (SSSR count). The van der Waals surface area contributed by atoms with Crippen LogP contribution in [0.3, 0.4) is 0 Å². The van der Waals surface area contributed by atoms with Gasteiger partial charge in [-0.1, -0.05) is 12.2 Å². The van der Waals surface area contributed by atoms with Crippen molar-refractivity contribution in [3.8, 4) is 0 Å². The summed E-state index contributed by atoms with van der Waals surface area (Å²) >= 11 is 0. The molecule has 5 heteroatoms. The second-order valence-corrected chi connectivity index (χ2v) is 4.68. The summed E-state index contributed by atoms with van der Waals surface area (Å²) in [5, 5.41) is 0. The van der Waals surface area contributed by atoms with E-state index in [1.54, 1.807) is 0 Å². The van der Waals surface area contributed by atoms with Gasteiger partial charge in [-0.3, -0.25) is 0 Å². The first-order valence-electron chi connectivity index (χ1n) is 3.95. The van der Waals surface area contributed by atoms with Crippen molar-refractivity contribution in [2.75, 3.05) is 0 Å². The molecular formula is C7H8O4S. The maximum Gasteiger partial charge on any atom is 0.400 e. The zero-order valence-corrected chi connectivity index (χ0v) is 7.03. The van der Waals surface area contributed by atoms with Crippen molar-refractivity contribution in [1.29, 1.82) is 0 Å². The van der Waals surface area contributed by atoms with Crippen LogP contribution in [-0.4, -0.2) is 20.6 Å². The minimum absolute atomic E-state index is 0.245. The van der Waals surface area contributed by atoms with Crippen LogP contribution in [-0.2, 0) is 18.8 Å². The van der Waals surface area contributed by atoms with E-state index in [4.69, 9.17) is 8.37 Å². The number of fused-ring (bicyclic) bond motifs is 5. The lowest BCUT2D eigenvalue weighted by atomic mass is 10.0. The first kappa shape index (κ1) is 7.06. The average molecular weight is 188 g/mol. The van der Waals surface area contributed by atoms with Gasteiger partial charge in [0.15, 0.2) is 0 Å². The van der Waals surface area contributed by atoms with Gasteiger partial charge >= 0.3 is 10.4 Å². The Kier molecular flexibility index (Phi) is 1.13. The fourth-order valence-corrected chi connectivity index (χ4v) is 3.37. The Labute approximate surface area is 70.5 Å². The highest BCUT2D eigenvalue weighted by Crippen LogP contribution is 2.47. The van der Waals surface area contributed by atoms with Crippen LogP contribution in [0.25, 0.3) is 0 Å². The Balaban J connectivity index is 2.01. The standard InChI is InChI=1S/C7H8O4S/c8-12(9)10-6-4-1-2-5(3-4)7(6)11-12/h1-2,4-7H,3H2. The summed E-state index contributed by atoms with van der Waals surface area (Å²) in [6.07, 6.45) is 4.53. The van der Waals surface area contributed by atoms with Crippen LogP contribution >= 0.6 is 0 Å². The van der Waals surface area contributed by atoms with Gasteiger partial charge in [-0.25, -0.2) is 8.37 Å². The van der Waals surface area contributed by atoms with Gasteiger partial charge in [0, 0.05) is 11.8 Å². The van der Waals surface area contributed by atoms with Crippen LogP contribution in [0, 0.1) is 11.8 Å². The molecule has 2 aliphatic carbocycles. The molecule has 2 bridgehead atoms. The molecule has 1 heterocycles. The average Bonchev–Trinajstić information content (AvgIpc) is 2.54. The summed E-state index contributed by atoms with van der Waals surface area (Å²) in [7, 11) is -3.67. The maximum absolute atomic E-state index is 10.9. The minimum atomic E-state index is -3.67. The molecule has 1 aliphatic heterocycles.